The zero-order valence-corrected chi connectivity index (χ0v) is 17.8. The number of fused-ring (bicyclic) bond motifs is 3. The molecule has 29 heavy (non-hydrogen) atoms. The van der Waals surface area contributed by atoms with Crippen molar-refractivity contribution in [1.29, 1.82) is 0 Å². The molecule has 0 aliphatic carbocycles. The minimum Gasteiger partial charge on any atom is -0.311 e. The number of halogens is 1. The van der Waals surface area contributed by atoms with Crippen LogP contribution in [0.5, 0.6) is 0 Å². The number of thiophene rings is 1. The molecule has 3 aromatic rings. The standard InChI is InChI=1S/C21H18ClN5OS/c1-11(28)9-16-20-26-25-13(3)27(20)21-18(12(2)17(29-21)10-23-4)19(24-16)14-5-7-15(22)8-6-14/h5-8,16H,9-10H2,1-3H3/t16-/m0/s1. The summed E-state index contributed by atoms with van der Waals surface area (Å²) in [6, 6.07) is 7.10. The first-order valence-electron chi connectivity index (χ1n) is 9.12. The lowest BCUT2D eigenvalue weighted by molar-refractivity contribution is -0.117. The summed E-state index contributed by atoms with van der Waals surface area (Å²) in [6.45, 7) is 13.1. The molecule has 4 rings (SSSR count). The lowest BCUT2D eigenvalue weighted by Crippen LogP contribution is -2.09. The number of ketones is 1. The van der Waals surface area contributed by atoms with E-state index in [1.165, 1.54) is 0 Å². The predicted molar refractivity (Wildman–Crippen MR) is 114 cm³/mol. The van der Waals surface area contributed by atoms with Crippen molar-refractivity contribution in [2.45, 2.75) is 39.8 Å². The zero-order valence-electron chi connectivity index (χ0n) is 16.2. The van der Waals surface area contributed by atoms with Crippen LogP contribution in [-0.4, -0.2) is 26.3 Å². The highest BCUT2D eigenvalue weighted by Crippen LogP contribution is 2.40. The van der Waals surface area contributed by atoms with Gasteiger partial charge in [0.25, 0.3) is 0 Å². The number of aryl methyl sites for hydroxylation is 1. The normalized spacial score (nSPS) is 15.1. The maximum Gasteiger partial charge on any atom is 0.249 e. The Labute approximate surface area is 177 Å². The molecule has 0 fully saturated rings. The van der Waals surface area contributed by atoms with Gasteiger partial charge in [0.15, 0.2) is 5.82 Å². The van der Waals surface area contributed by atoms with Crippen LogP contribution in [0.4, 0.5) is 0 Å². The molecule has 3 heterocycles. The Hall–Kier alpha value is -2.82. The summed E-state index contributed by atoms with van der Waals surface area (Å²) in [5, 5.41) is 10.2. The molecular formula is C21H18ClN5OS. The average Bonchev–Trinajstić information content (AvgIpc) is 3.16. The van der Waals surface area contributed by atoms with Gasteiger partial charge in [-0.25, -0.2) is 6.57 Å². The number of hydrogen-bond acceptors (Lipinski definition) is 5. The predicted octanol–water partition coefficient (Wildman–Crippen LogP) is 4.89. The fourth-order valence-electron chi connectivity index (χ4n) is 3.56. The number of aliphatic imine (C=N–C) groups is 1. The maximum atomic E-state index is 12.0. The van der Waals surface area contributed by atoms with Crippen molar-refractivity contribution in [1.82, 2.24) is 14.8 Å². The van der Waals surface area contributed by atoms with E-state index in [1.807, 2.05) is 42.7 Å². The van der Waals surface area contributed by atoms with Crippen molar-refractivity contribution in [3.05, 3.63) is 73.9 Å². The Morgan fingerprint density at radius 2 is 2.00 bits per heavy atom. The summed E-state index contributed by atoms with van der Waals surface area (Å²) in [7, 11) is 0. The van der Waals surface area contributed by atoms with Gasteiger partial charge in [0.05, 0.1) is 10.6 Å². The number of hydrogen-bond donors (Lipinski definition) is 0. The highest BCUT2D eigenvalue weighted by molar-refractivity contribution is 7.15. The number of rotatable bonds is 4. The van der Waals surface area contributed by atoms with Crippen molar-refractivity contribution in [3.8, 4) is 5.00 Å². The Balaban J connectivity index is 2.04. The van der Waals surface area contributed by atoms with Crippen molar-refractivity contribution < 1.29 is 4.79 Å². The fourth-order valence-corrected chi connectivity index (χ4v) is 4.97. The summed E-state index contributed by atoms with van der Waals surface area (Å²) in [6.07, 6.45) is 0.248. The van der Waals surface area contributed by atoms with E-state index in [1.54, 1.807) is 18.3 Å². The van der Waals surface area contributed by atoms with Crippen LogP contribution in [0.25, 0.3) is 9.85 Å². The van der Waals surface area contributed by atoms with Gasteiger partial charge in [-0.15, -0.1) is 21.5 Å². The fraction of sp³-hybridized carbons (Fsp3) is 0.286. The number of carbonyl (C=O) groups is 1. The third kappa shape index (κ3) is 3.39. The van der Waals surface area contributed by atoms with Crippen LogP contribution in [0.15, 0.2) is 29.3 Å². The van der Waals surface area contributed by atoms with Crippen LogP contribution in [0.1, 0.15) is 52.6 Å². The Morgan fingerprint density at radius 1 is 1.28 bits per heavy atom. The van der Waals surface area contributed by atoms with E-state index < -0.39 is 6.04 Å². The lowest BCUT2D eigenvalue weighted by atomic mass is 9.99. The number of nitrogens with zero attached hydrogens (tertiary/aromatic N) is 5. The second-order valence-corrected chi connectivity index (χ2v) is 8.51. The molecule has 0 N–H and O–H groups in total. The second-order valence-electron chi connectivity index (χ2n) is 6.99. The number of aromatic nitrogens is 3. The molecule has 146 valence electrons. The SMILES string of the molecule is [C-]#[N+]Cc1sc2c(c1C)C(c1ccc(Cl)cc1)=N[C@@H](CC(C)=O)c1nnc(C)n1-2. The maximum absolute atomic E-state index is 12.0. The molecule has 0 amide bonds. The average molecular weight is 424 g/mol. The molecule has 0 saturated carbocycles. The third-order valence-corrected chi connectivity index (χ3v) is 6.43. The van der Waals surface area contributed by atoms with Gasteiger partial charge < -0.3 is 4.85 Å². The van der Waals surface area contributed by atoms with E-state index in [4.69, 9.17) is 23.2 Å². The highest BCUT2D eigenvalue weighted by Gasteiger charge is 2.32. The quantitative estimate of drug-likeness (QED) is 0.561. The van der Waals surface area contributed by atoms with Crippen molar-refractivity contribution >= 4 is 34.4 Å². The molecule has 0 bridgehead atoms. The van der Waals surface area contributed by atoms with E-state index in [0.29, 0.717) is 17.4 Å². The molecule has 6 nitrogen and oxygen atoms in total. The first kappa shape index (κ1) is 19.5. The lowest BCUT2D eigenvalue weighted by Gasteiger charge is -2.11. The molecule has 1 aliphatic heterocycles. The van der Waals surface area contributed by atoms with Gasteiger partial charge in [0.1, 0.15) is 22.7 Å². The van der Waals surface area contributed by atoms with Crippen LogP contribution < -0.4 is 0 Å². The van der Waals surface area contributed by atoms with Crippen LogP contribution in [0.2, 0.25) is 5.02 Å². The van der Waals surface area contributed by atoms with Crippen LogP contribution in [-0.2, 0) is 11.3 Å². The Bertz CT molecular complexity index is 1180. The van der Waals surface area contributed by atoms with Crippen molar-refractivity contribution in [2.24, 2.45) is 4.99 Å². The van der Waals surface area contributed by atoms with Crippen LogP contribution in [0.3, 0.4) is 0 Å². The largest absolute Gasteiger partial charge is 0.311 e. The number of Topliss-reactive ketones (excluding diaryl/α,β-unsaturated/α-hetero) is 1. The molecule has 0 spiro atoms. The molecule has 1 atom stereocenters. The highest BCUT2D eigenvalue weighted by atomic mass is 35.5. The topological polar surface area (TPSA) is 64.5 Å². The molecule has 1 aromatic carbocycles. The smallest absolute Gasteiger partial charge is 0.249 e. The summed E-state index contributed by atoms with van der Waals surface area (Å²) < 4.78 is 1.99. The van der Waals surface area contributed by atoms with Gasteiger partial charge in [-0.05, 0) is 38.5 Å². The van der Waals surface area contributed by atoms with Gasteiger partial charge >= 0.3 is 0 Å². The molecule has 0 saturated heterocycles. The summed E-state index contributed by atoms with van der Waals surface area (Å²) in [5.74, 6) is 1.42. The van der Waals surface area contributed by atoms with Crippen LogP contribution in [0, 0.1) is 20.4 Å². The molecule has 8 heteroatoms. The second kappa shape index (κ2) is 7.54. The molecule has 2 aromatic heterocycles. The minimum atomic E-state index is -0.428. The molecule has 1 aliphatic rings. The number of benzene rings is 1. The van der Waals surface area contributed by atoms with Gasteiger partial charge in [-0.2, -0.15) is 0 Å². The van der Waals surface area contributed by atoms with Gasteiger partial charge in [-0.1, -0.05) is 23.7 Å². The van der Waals surface area contributed by atoms with Crippen molar-refractivity contribution in [2.75, 3.05) is 0 Å². The Morgan fingerprint density at radius 3 is 2.66 bits per heavy atom. The number of carbonyl (C=O) groups excluding carboxylic acids is 1. The van der Waals surface area contributed by atoms with E-state index in [9.17, 15) is 4.79 Å². The van der Waals surface area contributed by atoms with E-state index in [0.717, 1.165) is 38.1 Å². The molecule has 0 unspecified atom stereocenters. The van der Waals surface area contributed by atoms with E-state index in [2.05, 4.69) is 15.0 Å². The minimum absolute atomic E-state index is 0.0390. The van der Waals surface area contributed by atoms with E-state index >= 15 is 0 Å². The van der Waals surface area contributed by atoms with E-state index in [-0.39, 0.29) is 12.2 Å². The Kier molecular flexibility index (Phi) is 5.07. The van der Waals surface area contributed by atoms with Gasteiger partial charge in [-0.3, -0.25) is 14.4 Å². The molecule has 0 radical (unpaired) electrons. The van der Waals surface area contributed by atoms with Gasteiger partial charge in [0.2, 0.25) is 6.54 Å². The van der Waals surface area contributed by atoms with Crippen LogP contribution >= 0.6 is 22.9 Å². The monoisotopic (exact) mass is 423 g/mol. The first-order valence-corrected chi connectivity index (χ1v) is 10.3. The summed E-state index contributed by atoms with van der Waals surface area (Å²) >= 11 is 7.66. The molecular weight excluding hydrogens is 406 g/mol. The first-order chi connectivity index (χ1) is 13.9. The van der Waals surface area contributed by atoms with Crippen molar-refractivity contribution in [3.63, 3.8) is 0 Å². The third-order valence-electron chi connectivity index (χ3n) is 4.92. The zero-order chi connectivity index (χ0) is 20.7. The summed E-state index contributed by atoms with van der Waals surface area (Å²) in [4.78, 5) is 21.6. The van der Waals surface area contributed by atoms with Gasteiger partial charge in [0, 0.05) is 22.6 Å². The summed E-state index contributed by atoms with van der Waals surface area (Å²) in [5.41, 5.74) is 3.69.